The Hall–Kier alpha value is -2.96. The van der Waals surface area contributed by atoms with Crippen LogP contribution < -0.4 is 14.9 Å². The fourth-order valence-electron chi connectivity index (χ4n) is 5.36. The van der Waals surface area contributed by atoms with Gasteiger partial charge in [-0.05, 0) is 70.2 Å². The minimum atomic E-state index is -2.12. The molecule has 1 aromatic heterocycles. The van der Waals surface area contributed by atoms with E-state index in [0.717, 1.165) is 12.8 Å². The lowest BCUT2D eigenvalue weighted by Gasteiger charge is -2.27. The zero-order chi connectivity index (χ0) is 29.7. The van der Waals surface area contributed by atoms with Crippen LogP contribution in [0.1, 0.15) is 69.7 Å². The first-order valence-electron chi connectivity index (χ1n) is 13.9. The number of halogens is 1. The number of carboxylic acids is 1. The van der Waals surface area contributed by atoms with E-state index in [-0.39, 0.29) is 5.91 Å². The van der Waals surface area contributed by atoms with Crippen molar-refractivity contribution in [1.82, 2.24) is 19.3 Å². The van der Waals surface area contributed by atoms with Crippen LogP contribution in [0, 0.1) is 5.92 Å². The number of carbonyl (C=O) groups is 3. The lowest BCUT2D eigenvalue weighted by molar-refractivity contribution is -0.137. The van der Waals surface area contributed by atoms with Gasteiger partial charge in [-0.15, -0.1) is 0 Å². The van der Waals surface area contributed by atoms with Gasteiger partial charge >= 0.3 is 12.1 Å². The summed E-state index contributed by atoms with van der Waals surface area (Å²) in [6.07, 6.45) is 5.51. The van der Waals surface area contributed by atoms with Gasteiger partial charge in [0.1, 0.15) is 18.0 Å². The summed E-state index contributed by atoms with van der Waals surface area (Å²) in [6, 6.07) is 6.64. The van der Waals surface area contributed by atoms with Crippen LogP contribution in [0.3, 0.4) is 0 Å². The summed E-state index contributed by atoms with van der Waals surface area (Å²) in [5.41, 5.74) is 0.211. The van der Waals surface area contributed by atoms with Crippen molar-refractivity contribution in [3.05, 3.63) is 34.9 Å². The molecule has 2 atom stereocenters. The third-order valence-corrected chi connectivity index (χ3v) is 8.79. The summed E-state index contributed by atoms with van der Waals surface area (Å²) in [4.78, 5) is 43.5. The molecule has 0 radical (unpaired) electrons. The molecular formula is C28H38ClN5O6S. The number of benzene rings is 1. The summed E-state index contributed by atoms with van der Waals surface area (Å²) >= 11 is 4.34. The minimum Gasteiger partial charge on any atom is -0.480 e. The summed E-state index contributed by atoms with van der Waals surface area (Å²) in [7, 11) is 0. The van der Waals surface area contributed by atoms with Gasteiger partial charge in [0.2, 0.25) is 11.2 Å². The predicted octanol–water partition coefficient (Wildman–Crippen LogP) is 4.27. The van der Waals surface area contributed by atoms with Gasteiger partial charge in [0.05, 0.1) is 16.1 Å². The molecular weight excluding hydrogens is 570 g/mol. The molecule has 0 bridgehead atoms. The van der Waals surface area contributed by atoms with Gasteiger partial charge in [0.15, 0.2) is 0 Å². The Kier molecular flexibility index (Phi) is 10.1. The van der Waals surface area contributed by atoms with E-state index in [1.54, 1.807) is 39.0 Å². The number of amides is 2. The SMILES string of the molecule is CC(C)(C)OC(=O)NS(=O)N(CC(=O)O)[C@H]1CCN(c2ccc3c(C(=O)NCC4CCCCC4)c(Cl)ccc3n2)C1. The topological polar surface area (TPSA) is 141 Å². The maximum absolute atomic E-state index is 13.1. The molecule has 2 aromatic rings. The van der Waals surface area contributed by atoms with Crippen LogP contribution in [0.2, 0.25) is 5.02 Å². The van der Waals surface area contributed by atoms with Gasteiger partial charge < -0.3 is 20.1 Å². The Morgan fingerprint density at radius 1 is 1.15 bits per heavy atom. The lowest BCUT2D eigenvalue weighted by Crippen LogP contribution is -2.48. The van der Waals surface area contributed by atoms with Crippen LogP contribution in [0.4, 0.5) is 10.6 Å². The summed E-state index contributed by atoms with van der Waals surface area (Å²) < 4.78 is 21.6. The Labute approximate surface area is 247 Å². The molecule has 41 heavy (non-hydrogen) atoms. The second-order valence-corrected chi connectivity index (χ2v) is 13.2. The first-order chi connectivity index (χ1) is 19.4. The van der Waals surface area contributed by atoms with E-state index >= 15 is 0 Å². The number of hydrogen-bond donors (Lipinski definition) is 3. The fourth-order valence-corrected chi connectivity index (χ4v) is 6.58. The number of aliphatic carboxylic acids is 1. The molecule has 1 aliphatic carbocycles. The molecule has 1 aliphatic heterocycles. The smallest absolute Gasteiger partial charge is 0.420 e. The Bertz CT molecular complexity index is 1310. The van der Waals surface area contributed by atoms with Crippen molar-refractivity contribution in [3.8, 4) is 0 Å². The van der Waals surface area contributed by atoms with Crippen molar-refractivity contribution in [1.29, 1.82) is 0 Å². The van der Waals surface area contributed by atoms with Gasteiger partial charge in [0, 0.05) is 31.1 Å². The maximum Gasteiger partial charge on any atom is 0.420 e. The number of hydrogen-bond acceptors (Lipinski definition) is 7. The lowest BCUT2D eigenvalue weighted by atomic mass is 9.89. The first kappa shape index (κ1) is 31.0. The number of nitrogens with one attached hydrogen (secondary N) is 2. The molecule has 2 aliphatic rings. The molecule has 4 rings (SSSR count). The average molecular weight is 608 g/mol. The highest BCUT2D eigenvalue weighted by atomic mass is 35.5. The van der Waals surface area contributed by atoms with Crippen molar-refractivity contribution in [2.24, 2.45) is 5.92 Å². The predicted molar refractivity (Wildman–Crippen MR) is 158 cm³/mol. The van der Waals surface area contributed by atoms with E-state index < -0.39 is 41.4 Å². The molecule has 0 spiro atoms. The number of pyridine rings is 1. The van der Waals surface area contributed by atoms with Crippen LogP contribution >= 0.6 is 11.6 Å². The van der Waals surface area contributed by atoms with Gasteiger partial charge in [-0.25, -0.2) is 18.7 Å². The third kappa shape index (κ3) is 8.30. The van der Waals surface area contributed by atoms with Crippen molar-refractivity contribution in [2.45, 2.75) is 70.9 Å². The van der Waals surface area contributed by atoms with Crippen LogP contribution in [0.5, 0.6) is 0 Å². The number of ether oxygens (including phenoxy) is 1. The second-order valence-electron chi connectivity index (χ2n) is 11.6. The van der Waals surface area contributed by atoms with Crippen LogP contribution in [0.15, 0.2) is 24.3 Å². The van der Waals surface area contributed by atoms with E-state index in [2.05, 4.69) is 10.0 Å². The van der Waals surface area contributed by atoms with E-state index in [1.807, 2.05) is 11.0 Å². The van der Waals surface area contributed by atoms with Crippen molar-refractivity contribution < 1.29 is 28.4 Å². The Morgan fingerprint density at radius 2 is 1.88 bits per heavy atom. The highest BCUT2D eigenvalue weighted by Gasteiger charge is 2.34. The molecule has 224 valence electrons. The van der Waals surface area contributed by atoms with Gasteiger partial charge in [-0.3, -0.25) is 9.59 Å². The summed E-state index contributed by atoms with van der Waals surface area (Å²) in [6.45, 7) is 6.01. The van der Waals surface area contributed by atoms with E-state index in [0.29, 0.717) is 59.3 Å². The molecule has 2 amide bonds. The molecule has 13 heteroatoms. The Morgan fingerprint density at radius 3 is 2.56 bits per heavy atom. The second kappa shape index (κ2) is 13.3. The molecule has 1 saturated carbocycles. The Balaban J connectivity index is 1.46. The number of nitrogens with zero attached hydrogens (tertiary/aromatic N) is 3. The third-order valence-electron chi connectivity index (χ3n) is 7.28. The quantitative estimate of drug-likeness (QED) is 0.384. The van der Waals surface area contributed by atoms with E-state index in [9.17, 15) is 23.7 Å². The van der Waals surface area contributed by atoms with Gasteiger partial charge in [-0.1, -0.05) is 30.9 Å². The highest BCUT2D eigenvalue weighted by molar-refractivity contribution is 7.81. The molecule has 2 fully saturated rings. The molecule has 1 unspecified atom stereocenters. The number of carbonyl (C=O) groups excluding carboxylic acids is 2. The zero-order valence-corrected chi connectivity index (χ0v) is 25.2. The fraction of sp³-hybridized carbons (Fsp3) is 0.571. The normalized spacial score (nSPS) is 18.9. The maximum atomic E-state index is 13.1. The number of rotatable bonds is 9. The number of carboxylic acid groups (broad SMARTS) is 1. The highest BCUT2D eigenvalue weighted by Crippen LogP contribution is 2.30. The molecule has 2 heterocycles. The molecule has 1 aromatic carbocycles. The molecule has 1 saturated heterocycles. The summed E-state index contributed by atoms with van der Waals surface area (Å²) in [5.74, 6) is -0.260. The van der Waals surface area contributed by atoms with Crippen molar-refractivity contribution in [2.75, 3.05) is 31.1 Å². The number of anilines is 1. The number of fused-ring (bicyclic) bond motifs is 1. The van der Waals surface area contributed by atoms with E-state index in [1.165, 1.54) is 23.6 Å². The van der Waals surface area contributed by atoms with Crippen molar-refractivity contribution in [3.63, 3.8) is 0 Å². The van der Waals surface area contributed by atoms with Gasteiger partial charge in [0.25, 0.3) is 5.91 Å². The van der Waals surface area contributed by atoms with Crippen molar-refractivity contribution >= 4 is 57.5 Å². The van der Waals surface area contributed by atoms with E-state index in [4.69, 9.17) is 21.3 Å². The monoisotopic (exact) mass is 607 g/mol. The minimum absolute atomic E-state index is 0.216. The number of aromatic nitrogens is 1. The van der Waals surface area contributed by atoms with Crippen LogP contribution in [-0.2, 0) is 20.7 Å². The molecule has 3 N–H and O–H groups in total. The van der Waals surface area contributed by atoms with Crippen LogP contribution in [0.25, 0.3) is 10.9 Å². The largest absolute Gasteiger partial charge is 0.480 e. The summed E-state index contributed by atoms with van der Waals surface area (Å²) in [5, 5.41) is 13.5. The zero-order valence-electron chi connectivity index (χ0n) is 23.7. The average Bonchev–Trinajstić information content (AvgIpc) is 3.39. The standard InChI is InChI=1S/C28H38ClN5O6S/c1-28(2,3)40-27(38)32-41(39)34(17-24(35)36)19-13-14-33(16-19)23-12-9-20-22(31-23)11-10-21(29)25(20)26(37)30-15-18-7-5-4-6-8-18/h9-12,18-19H,4-8,13-17H2,1-3H3,(H,30,37)(H,32,38)(H,35,36)/t19-,41?/m0/s1. The first-order valence-corrected chi connectivity index (χ1v) is 15.4. The van der Waals surface area contributed by atoms with Crippen LogP contribution in [-0.4, -0.2) is 74.4 Å². The van der Waals surface area contributed by atoms with Gasteiger partial charge in [-0.2, -0.15) is 4.31 Å². The molecule has 11 nitrogen and oxygen atoms in total.